The lowest BCUT2D eigenvalue weighted by molar-refractivity contribution is 1.19. The summed E-state index contributed by atoms with van der Waals surface area (Å²) in [7, 11) is 0. The van der Waals surface area contributed by atoms with Crippen LogP contribution in [-0.4, -0.2) is 15.1 Å². The molecule has 62 heavy (non-hydrogen) atoms. The Morgan fingerprint density at radius 1 is 0.597 bits per heavy atom. The summed E-state index contributed by atoms with van der Waals surface area (Å²) in [4.78, 5) is 5.37. The lowest BCUT2D eigenvalue weighted by Crippen LogP contribution is -2.22. The first-order valence-electron chi connectivity index (χ1n) is 20.8. The van der Waals surface area contributed by atoms with Crippen LogP contribution >= 0.6 is 0 Å². The Bertz CT molecular complexity index is 3400. The Morgan fingerprint density at radius 3 is 2.05 bits per heavy atom. The molecule has 2 aromatic heterocycles. The van der Waals surface area contributed by atoms with Gasteiger partial charge in [-0.15, -0.1) is 0 Å². The summed E-state index contributed by atoms with van der Waals surface area (Å²) in [5.41, 5.74) is 19.4. The zero-order valence-electron chi connectivity index (χ0n) is 34.6. The fourth-order valence-corrected chi connectivity index (χ4v) is 8.67. The molecule has 298 valence electrons. The second-order valence-electron chi connectivity index (χ2n) is 15.1. The molecule has 0 radical (unpaired) electrons. The molecule has 9 rings (SSSR count). The summed E-state index contributed by atoms with van der Waals surface area (Å²) in [6.45, 7) is 16.3. The van der Waals surface area contributed by atoms with Gasteiger partial charge in [-0.1, -0.05) is 196 Å². The standard InChI is InChI=1S/C58H46N4/c1-5-8-10-11-12-14-24-42-33-34-45(37-41(42)7-3)57(43-25-15-13-16-26-43)60-58(59)62-53-32-22-20-30-50(53)56-49-29-18-17-27-46(49)51(39-55(56)62)44-35-36-48-47-28-19-21-31-52(47)61(54(48)38-44)40(4)23-9-6-2/h5-25,27-39H,1-4,26H2,(H2,59,60)/b10-8-,12-11+,23-9-,24-14+,57-43-. The number of para-hydroxylation sites is 2. The molecule has 4 heteroatoms. The molecule has 1 aliphatic carbocycles. The summed E-state index contributed by atoms with van der Waals surface area (Å²) in [6.07, 6.45) is 30.4. The molecule has 2 heterocycles. The average Bonchev–Trinajstić information content (AvgIpc) is 3.84. The Kier molecular flexibility index (Phi) is 10.9. The quantitative estimate of drug-likeness (QED) is 0.0791. The molecule has 0 fully saturated rings. The minimum Gasteiger partial charge on any atom is -0.369 e. The minimum atomic E-state index is 0.380. The predicted octanol–water partition coefficient (Wildman–Crippen LogP) is 15.0. The van der Waals surface area contributed by atoms with Gasteiger partial charge in [0.15, 0.2) is 0 Å². The molecule has 1 aliphatic rings. The van der Waals surface area contributed by atoms with E-state index in [-0.39, 0.29) is 0 Å². The van der Waals surface area contributed by atoms with Crippen LogP contribution in [0.25, 0.3) is 89.1 Å². The number of hydrogen-bond donors (Lipinski definition) is 1. The fraction of sp³-hybridized carbons (Fsp3) is 0.0172. The Morgan fingerprint density at radius 2 is 1.29 bits per heavy atom. The van der Waals surface area contributed by atoms with Crippen molar-refractivity contribution in [3.8, 4) is 11.1 Å². The first-order valence-corrected chi connectivity index (χ1v) is 20.8. The van der Waals surface area contributed by atoms with Crippen molar-refractivity contribution in [1.29, 1.82) is 0 Å². The number of rotatable bonds is 11. The van der Waals surface area contributed by atoms with Gasteiger partial charge in [-0.2, -0.15) is 0 Å². The van der Waals surface area contributed by atoms with Crippen molar-refractivity contribution in [2.45, 2.75) is 6.42 Å². The number of benzene rings is 6. The van der Waals surface area contributed by atoms with E-state index >= 15 is 0 Å². The third-order valence-electron chi connectivity index (χ3n) is 11.5. The molecule has 2 N–H and O–H groups in total. The Hall–Kier alpha value is -8.21. The van der Waals surface area contributed by atoms with Crippen molar-refractivity contribution in [1.82, 2.24) is 9.13 Å². The van der Waals surface area contributed by atoms with E-state index in [1.54, 1.807) is 12.2 Å². The molecular weight excluding hydrogens is 753 g/mol. The molecule has 0 spiro atoms. The van der Waals surface area contributed by atoms with Crippen molar-refractivity contribution in [3.05, 3.63) is 243 Å². The van der Waals surface area contributed by atoms with Crippen molar-refractivity contribution in [2.24, 2.45) is 10.7 Å². The molecule has 4 nitrogen and oxygen atoms in total. The summed E-state index contributed by atoms with van der Waals surface area (Å²) >= 11 is 0. The molecule has 0 aliphatic heterocycles. The maximum absolute atomic E-state index is 7.34. The maximum Gasteiger partial charge on any atom is 0.205 e. The van der Waals surface area contributed by atoms with E-state index in [0.29, 0.717) is 5.96 Å². The van der Waals surface area contributed by atoms with Gasteiger partial charge in [-0.05, 0) is 81.4 Å². The van der Waals surface area contributed by atoms with Crippen LogP contribution in [-0.2, 0) is 0 Å². The van der Waals surface area contributed by atoms with Crippen LogP contribution in [0.1, 0.15) is 23.1 Å². The lowest BCUT2D eigenvalue weighted by Gasteiger charge is -2.15. The van der Waals surface area contributed by atoms with Crippen molar-refractivity contribution >= 4 is 83.9 Å². The number of nitrogens with zero attached hydrogens (tertiary/aromatic N) is 3. The monoisotopic (exact) mass is 798 g/mol. The summed E-state index contributed by atoms with van der Waals surface area (Å²) in [6, 6.07) is 41.1. The summed E-state index contributed by atoms with van der Waals surface area (Å²) in [5, 5.41) is 6.88. The molecule has 0 saturated carbocycles. The van der Waals surface area contributed by atoms with Crippen molar-refractivity contribution in [3.63, 3.8) is 0 Å². The molecule has 0 saturated heterocycles. The van der Waals surface area contributed by atoms with E-state index in [1.165, 1.54) is 5.39 Å². The Balaban J connectivity index is 1.25. The van der Waals surface area contributed by atoms with Crippen LogP contribution in [0.4, 0.5) is 0 Å². The van der Waals surface area contributed by atoms with Gasteiger partial charge in [0.2, 0.25) is 5.96 Å². The highest BCUT2D eigenvalue weighted by atomic mass is 15.2. The van der Waals surface area contributed by atoms with E-state index < -0.39 is 0 Å². The minimum absolute atomic E-state index is 0.380. The van der Waals surface area contributed by atoms with Gasteiger partial charge in [0.05, 0.1) is 27.8 Å². The van der Waals surface area contributed by atoms with Gasteiger partial charge in [-0.3, -0.25) is 4.57 Å². The van der Waals surface area contributed by atoms with E-state index in [0.717, 1.165) is 100 Å². The van der Waals surface area contributed by atoms with Crippen LogP contribution in [0.2, 0.25) is 0 Å². The smallest absolute Gasteiger partial charge is 0.205 e. The number of aromatic nitrogens is 2. The first kappa shape index (κ1) is 39.3. The van der Waals surface area contributed by atoms with E-state index in [2.05, 4.69) is 181 Å². The SMILES string of the molecule is C=C\C=C/C=C/C=C/c1ccc(/C(N=C(N)n2c3ccccc3c3c4ccccc4c(-c4ccc5c6ccccc6n(C(=C)/C=C\C=C)c5c4)cc32)=C2\C=CC=CC2)cc1C=C. The molecule has 0 atom stereocenters. The van der Waals surface area contributed by atoms with E-state index in [1.807, 2.05) is 48.6 Å². The largest absolute Gasteiger partial charge is 0.369 e. The predicted molar refractivity (Wildman–Crippen MR) is 271 cm³/mol. The molecular formula is C58H46N4. The molecule has 6 aromatic carbocycles. The van der Waals surface area contributed by atoms with Gasteiger partial charge in [0.25, 0.3) is 0 Å². The van der Waals surface area contributed by atoms with Crippen LogP contribution in [0.5, 0.6) is 0 Å². The van der Waals surface area contributed by atoms with Gasteiger partial charge in [-0.25, -0.2) is 4.99 Å². The van der Waals surface area contributed by atoms with Gasteiger partial charge < -0.3 is 10.3 Å². The van der Waals surface area contributed by atoms with E-state index in [9.17, 15) is 0 Å². The number of nitrogens with two attached hydrogens (primary N) is 1. The summed E-state index contributed by atoms with van der Waals surface area (Å²) in [5.74, 6) is 0.380. The number of aliphatic imine (C=N–C) groups is 1. The van der Waals surface area contributed by atoms with Gasteiger partial charge >= 0.3 is 0 Å². The first-order chi connectivity index (χ1) is 30.5. The highest BCUT2D eigenvalue weighted by Crippen LogP contribution is 2.42. The topological polar surface area (TPSA) is 48.2 Å². The molecule has 0 amide bonds. The number of fused-ring (bicyclic) bond motifs is 8. The maximum atomic E-state index is 7.34. The normalized spacial score (nSPS) is 14.3. The fourth-order valence-electron chi connectivity index (χ4n) is 8.67. The van der Waals surface area contributed by atoms with Gasteiger partial charge in [0, 0.05) is 32.8 Å². The number of allylic oxidation sites excluding steroid dienone is 15. The summed E-state index contributed by atoms with van der Waals surface area (Å²) < 4.78 is 4.36. The zero-order valence-corrected chi connectivity index (χ0v) is 34.6. The average molecular weight is 799 g/mol. The van der Waals surface area contributed by atoms with E-state index in [4.69, 9.17) is 10.7 Å². The third-order valence-corrected chi connectivity index (χ3v) is 11.5. The molecule has 8 aromatic rings. The Labute approximate surface area is 362 Å². The van der Waals surface area contributed by atoms with Crippen LogP contribution in [0.3, 0.4) is 0 Å². The second kappa shape index (κ2) is 17.2. The van der Waals surface area contributed by atoms with Crippen molar-refractivity contribution in [2.75, 3.05) is 0 Å². The second-order valence-corrected chi connectivity index (χ2v) is 15.1. The zero-order chi connectivity index (χ0) is 42.6. The van der Waals surface area contributed by atoms with Gasteiger partial charge in [0.1, 0.15) is 0 Å². The van der Waals surface area contributed by atoms with Crippen molar-refractivity contribution < 1.29 is 0 Å². The van der Waals surface area contributed by atoms with Crippen LogP contribution < -0.4 is 5.73 Å². The third kappa shape index (κ3) is 7.14. The molecule has 0 bridgehead atoms. The molecule has 0 unspecified atom stereocenters. The highest BCUT2D eigenvalue weighted by molar-refractivity contribution is 6.26. The highest BCUT2D eigenvalue weighted by Gasteiger charge is 2.21. The number of hydrogen-bond acceptors (Lipinski definition) is 1. The van der Waals surface area contributed by atoms with Crippen LogP contribution in [0.15, 0.2) is 231 Å². The lowest BCUT2D eigenvalue weighted by atomic mass is 9.94. The van der Waals surface area contributed by atoms with Crippen LogP contribution in [0, 0.1) is 0 Å².